The van der Waals surface area contributed by atoms with Crippen LogP contribution in [0.1, 0.15) is 33.3 Å². The van der Waals surface area contributed by atoms with Crippen LogP contribution in [0.15, 0.2) is 48.5 Å². The van der Waals surface area contributed by atoms with Gasteiger partial charge >= 0.3 is 5.97 Å². The predicted octanol–water partition coefficient (Wildman–Crippen LogP) is 5.30. The quantitative estimate of drug-likeness (QED) is 0.361. The number of methoxy groups -OCH3 is 2. The summed E-state index contributed by atoms with van der Waals surface area (Å²) in [6.45, 7) is 11.8. The molecular weight excluding hydrogens is 390 g/mol. The third kappa shape index (κ3) is 7.44. The molecule has 0 N–H and O–H groups in total. The van der Waals surface area contributed by atoms with E-state index < -0.39 is 0 Å². The Morgan fingerprint density at radius 2 is 1.55 bits per heavy atom. The molecule has 0 heterocycles. The van der Waals surface area contributed by atoms with Crippen LogP contribution in [-0.4, -0.2) is 51.3 Å². The van der Waals surface area contributed by atoms with Gasteiger partial charge in [0.05, 0.1) is 20.8 Å². The normalized spacial score (nSPS) is 11.7. The first-order valence-corrected chi connectivity index (χ1v) is 10.7. The fraction of sp³-hybridized carbons (Fsp3) is 0.423. The molecule has 5 nitrogen and oxygen atoms in total. The van der Waals surface area contributed by atoms with Crippen LogP contribution in [0.25, 0.3) is 17.2 Å². The molecule has 0 aliphatic rings. The molecule has 168 valence electrons. The Morgan fingerprint density at radius 1 is 0.935 bits per heavy atom. The topological polar surface area (TPSA) is 48.0 Å². The average molecular weight is 426 g/mol. The van der Waals surface area contributed by atoms with Crippen molar-refractivity contribution in [1.82, 2.24) is 4.90 Å². The van der Waals surface area contributed by atoms with E-state index in [9.17, 15) is 4.79 Å². The Labute approximate surface area is 186 Å². The molecule has 2 rings (SSSR count). The number of hydrogen-bond acceptors (Lipinski definition) is 5. The molecule has 0 atom stereocenters. The smallest absolute Gasteiger partial charge is 0.330 e. The van der Waals surface area contributed by atoms with Crippen molar-refractivity contribution in [3.8, 4) is 22.6 Å². The molecule has 0 spiro atoms. The largest absolute Gasteiger partial charge is 0.493 e. The highest BCUT2D eigenvalue weighted by molar-refractivity contribution is 5.87. The highest BCUT2D eigenvalue weighted by atomic mass is 16.5. The van der Waals surface area contributed by atoms with Gasteiger partial charge in [0, 0.05) is 18.0 Å². The van der Waals surface area contributed by atoms with Gasteiger partial charge in [-0.25, -0.2) is 4.79 Å². The lowest BCUT2D eigenvalue weighted by molar-refractivity contribution is -0.141. The highest BCUT2D eigenvalue weighted by Crippen LogP contribution is 2.32. The number of hydrogen-bond donors (Lipinski definition) is 0. The Hall–Kier alpha value is -2.79. The van der Waals surface area contributed by atoms with Gasteiger partial charge in [0.1, 0.15) is 0 Å². The molecule has 0 bridgehead atoms. The van der Waals surface area contributed by atoms with Crippen molar-refractivity contribution in [1.29, 1.82) is 0 Å². The van der Waals surface area contributed by atoms with Gasteiger partial charge < -0.3 is 19.1 Å². The molecular formula is C26H35NO4. The molecule has 0 radical (unpaired) electrons. The van der Waals surface area contributed by atoms with Crippen LogP contribution in [-0.2, 0) is 9.53 Å². The van der Waals surface area contributed by atoms with Gasteiger partial charge in [-0.1, -0.05) is 58.0 Å². The fourth-order valence-electron chi connectivity index (χ4n) is 3.38. The van der Waals surface area contributed by atoms with Crippen molar-refractivity contribution < 1.29 is 19.0 Å². The molecule has 0 saturated heterocycles. The van der Waals surface area contributed by atoms with E-state index in [1.54, 1.807) is 20.3 Å². The van der Waals surface area contributed by atoms with E-state index in [4.69, 9.17) is 14.2 Å². The van der Waals surface area contributed by atoms with Crippen LogP contribution in [0.2, 0.25) is 0 Å². The van der Waals surface area contributed by atoms with Gasteiger partial charge in [-0.15, -0.1) is 0 Å². The number of ether oxygens (including phenoxy) is 3. The molecule has 0 unspecified atom stereocenters. The summed E-state index contributed by atoms with van der Waals surface area (Å²) in [6, 6.07) is 13.8. The summed E-state index contributed by atoms with van der Waals surface area (Å²) in [5.41, 5.74) is 2.93. The fourth-order valence-corrected chi connectivity index (χ4v) is 3.38. The maximum Gasteiger partial charge on any atom is 0.330 e. The van der Waals surface area contributed by atoms with Crippen LogP contribution in [0.5, 0.6) is 11.5 Å². The monoisotopic (exact) mass is 425 g/mol. The van der Waals surface area contributed by atoms with Crippen molar-refractivity contribution in [3.05, 3.63) is 54.1 Å². The molecule has 0 amide bonds. The van der Waals surface area contributed by atoms with Crippen LogP contribution in [0.4, 0.5) is 0 Å². The van der Waals surface area contributed by atoms with Gasteiger partial charge in [0.15, 0.2) is 11.5 Å². The molecule has 0 aliphatic carbocycles. The van der Waals surface area contributed by atoms with Gasteiger partial charge in [0.25, 0.3) is 0 Å². The zero-order valence-corrected chi connectivity index (χ0v) is 19.6. The summed E-state index contributed by atoms with van der Waals surface area (Å²) in [7, 11) is 3.25. The summed E-state index contributed by atoms with van der Waals surface area (Å²) in [5, 5.41) is 0. The Balaban J connectivity index is 1.96. The number of benzene rings is 2. The lowest BCUT2D eigenvalue weighted by atomic mass is 9.94. The molecule has 0 fully saturated rings. The minimum absolute atomic E-state index is 0.0867. The second-order valence-corrected chi connectivity index (χ2v) is 8.26. The Bertz CT molecular complexity index is 867. The Kier molecular flexibility index (Phi) is 9.13. The van der Waals surface area contributed by atoms with E-state index in [1.165, 1.54) is 6.08 Å². The lowest BCUT2D eigenvalue weighted by Gasteiger charge is -2.30. The van der Waals surface area contributed by atoms with Gasteiger partial charge in [0.2, 0.25) is 0 Å². The number of rotatable bonds is 11. The molecule has 0 aliphatic heterocycles. The summed E-state index contributed by atoms with van der Waals surface area (Å²) >= 11 is 0. The van der Waals surface area contributed by atoms with Crippen LogP contribution in [0.3, 0.4) is 0 Å². The molecule has 2 aromatic rings. The first-order valence-electron chi connectivity index (χ1n) is 10.7. The zero-order valence-electron chi connectivity index (χ0n) is 19.6. The number of carbonyl (C=O) groups excluding carboxylic acids is 1. The van der Waals surface area contributed by atoms with Crippen LogP contribution < -0.4 is 9.47 Å². The lowest BCUT2D eigenvalue weighted by Crippen LogP contribution is -2.37. The van der Waals surface area contributed by atoms with Crippen molar-refractivity contribution >= 4 is 12.0 Å². The minimum atomic E-state index is -0.323. The molecule has 0 saturated carbocycles. The van der Waals surface area contributed by atoms with Crippen molar-refractivity contribution in [2.24, 2.45) is 5.41 Å². The number of nitrogens with zero attached hydrogens (tertiary/aromatic N) is 1. The standard InChI is InChI=1S/C26H35NO4/c1-7-27(8-2)18-26(3,4)19-31-25(28)16-11-20-9-12-21(13-10-20)22-14-15-23(29-5)24(17-22)30-6/h9-17H,7-8,18-19H2,1-6H3. The van der Waals surface area contributed by atoms with E-state index in [1.807, 2.05) is 42.5 Å². The highest BCUT2D eigenvalue weighted by Gasteiger charge is 2.22. The summed E-state index contributed by atoms with van der Waals surface area (Å²) in [4.78, 5) is 14.5. The van der Waals surface area contributed by atoms with E-state index in [0.29, 0.717) is 18.1 Å². The number of esters is 1. The van der Waals surface area contributed by atoms with Gasteiger partial charge in [-0.3, -0.25) is 0 Å². The van der Waals surface area contributed by atoms with E-state index >= 15 is 0 Å². The van der Waals surface area contributed by atoms with E-state index in [-0.39, 0.29) is 11.4 Å². The minimum Gasteiger partial charge on any atom is -0.493 e. The zero-order chi connectivity index (χ0) is 22.9. The molecule has 5 heteroatoms. The van der Waals surface area contributed by atoms with Gasteiger partial charge in [-0.2, -0.15) is 0 Å². The third-order valence-electron chi connectivity index (χ3n) is 5.19. The van der Waals surface area contributed by atoms with Crippen LogP contribution >= 0.6 is 0 Å². The van der Waals surface area contributed by atoms with E-state index in [2.05, 4.69) is 32.6 Å². The Morgan fingerprint density at radius 3 is 2.13 bits per heavy atom. The summed E-state index contributed by atoms with van der Waals surface area (Å²) in [5.74, 6) is 1.07. The first-order chi connectivity index (χ1) is 14.8. The van der Waals surface area contributed by atoms with Crippen LogP contribution in [0, 0.1) is 5.41 Å². The molecule has 0 aromatic heterocycles. The maximum absolute atomic E-state index is 12.2. The van der Waals surface area contributed by atoms with Crippen molar-refractivity contribution in [3.63, 3.8) is 0 Å². The first kappa shape index (κ1) is 24.5. The van der Waals surface area contributed by atoms with Crippen molar-refractivity contribution in [2.75, 3.05) is 40.5 Å². The predicted molar refractivity (Wildman–Crippen MR) is 127 cm³/mol. The third-order valence-corrected chi connectivity index (χ3v) is 5.19. The summed E-state index contributed by atoms with van der Waals surface area (Å²) in [6.07, 6.45) is 3.26. The SMILES string of the molecule is CCN(CC)CC(C)(C)COC(=O)C=Cc1ccc(-c2ccc(OC)c(OC)c2)cc1. The van der Waals surface area contributed by atoms with Crippen molar-refractivity contribution in [2.45, 2.75) is 27.7 Å². The second kappa shape index (κ2) is 11.6. The molecule has 2 aromatic carbocycles. The average Bonchev–Trinajstić information content (AvgIpc) is 2.79. The second-order valence-electron chi connectivity index (χ2n) is 8.26. The summed E-state index contributed by atoms with van der Waals surface area (Å²) < 4.78 is 16.1. The van der Waals surface area contributed by atoms with E-state index in [0.717, 1.165) is 36.3 Å². The maximum atomic E-state index is 12.2. The van der Waals surface area contributed by atoms with Gasteiger partial charge in [-0.05, 0) is 48.0 Å². The molecule has 31 heavy (non-hydrogen) atoms. The number of carbonyl (C=O) groups is 1.